The number of carbonyl (C=O) groups excluding carboxylic acids is 4. The number of nitrogens with two attached hydrogens (primary N) is 1. The van der Waals surface area contributed by atoms with E-state index < -0.39 is 11.1 Å². The Morgan fingerprint density at radius 1 is 1.00 bits per heavy atom. The Labute approximate surface area is 268 Å². The number of imidazole rings is 1. The van der Waals surface area contributed by atoms with E-state index in [1.807, 2.05) is 45.0 Å². The minimum absolute atomic E-state index is 0.235. The molecule has 0 bridgehead atoms. The van der Waals surface area contributed by atoms with Gasteiger partial charge in [-0.25, -0.2) is 9.97 Å². The highest BCUT2D eigenvalue weighted by Crippen LogP contribution is 2.30. The fraction of sp³-hybridized carbons (Fsp3) is 0.515. The van der Waals surface area contributed by atoms with Crippen LogP contribution < -0.4 is 16.4 Å². The van der Waals surface area contributed by atoms with Crippen LogP contribution in [0.1, 0.15) is 66.1 Å². The second kappa shape index (κ2) is 14.8. The number of hydrogen-bond donors (Lipinski definition) is 3. The average molecular weight is 636 g/mol. The van der Waals surface area contributed by atoms with E-state index in [-0.39, 0.29) is 43.2 Å². The molecule has 1 aliphatic heterocycles. The van der Waals surface area contributed by atoms with Gasteiger partial charge in [-0.05, 0) is 53.5 Å². The summed E-state index contributed by atoms with van der Waals surface area (Å²) in [4.78, 5) is 59.2. The lowest BCUT2D eigenvalue weighted by molar-refractivity contribution is -0.137. The molecule has 0 aliphatic carbocycles. The van der Waals surface area contributed by atoms with Gasteiger partial charge in [-0.1, -0.05) is 24.6 Å². The molecule has 3 heterocycles. The first-order valence-electron chi connectivity index (χ1n) is 15.7. The van der Waals surface area contributed by atoms with Crippen LogP contribution in [0.25, 0.3) is 21.9 Å². The first-order valence-corrected chi connectivity index (χ1v) is 15.7. The van der Waals surface area contributed by atoms with Crippen molar-refractivity contribution < 1.29 is 28.7 Å². The van der Waals surface area contributed by atoms with Gasteiger partial charge in [0.15, 0.2) is 5.82 Å². The normalized spacial score (nSPS) is 13.7. The van der Waals surface area contributed by atoms with Gasteiger partial charge in [0.05, 0.1) is 29.8 Å². The third kappa shape index (κ3) is 8.46. The number of benzene rings is 1. The second-order valence-corrected chi connectivity index (χ2v) is 12.5. The molecule has 0 radical (unpaired) electrons. The summed E-state index contributed by atoms with van der Waals surface area (Å²) in [5.41, 5.74) is 6.81. The molecule has 4 rings (SSSR count). The molecule has 0 spiro atoms. The topological polar surface area (TPSA) is 171 Å². The molecule has 0 unspecified atom stereocenters. The molecule has 0 atom stereocenters. The number of unbranched alkanes of at least 4 members (excludes halogenated alkanes) is 2. The van der Waals surface area contributed by atoms with Gasteiger partial charge in [0.2, 0.25) is 11.8 Å². The van der Waals surface area contributed by atoms with E-state index in [1.54, 1.807) is 13.8 Å². The smallest absolute Gasteiger partial charge is 0.253 e. The SMILES string of the molecule is CCOCc1nc2c(N)nc3ccccc3c2n1CC(C)(C)OCCNC(=O)C(C)(C)NC(=O)CCCCCN1C(=O)C=CC1=O. The summed E-state index contributed by atoms with van der Waals surface area (Å²) in [5, 5.41) is 6.58. The Morgan fingerprint density at radius 3 is 2.43 bits per heavy atom. The van der Waals surface area contributed by atoms with Crippen molar-refractivity contribution in [2.24, 2.45) is 0 Å². The van der Waals surface area contributed by atoms with Crippen LogP contribution in [0.4, 0.5) is 5.82 Å². The van der Waals surface area contributed by atoms with E-state index >= 15 is 0 Å². The van der Waals surface area contributed by atoms with Crippen LogP contribution in [0.3, 0.4) is 0 Å². The lowest BCUT2D eigenvalue weighted by Crippen LogP contribution is -2.55. The molecule has 4 N–H and O–H groups in total. The lowest BCUT2D eigenvalue weighted by Gasteiger charge is -2.28. The average Bonchev–Trinajstić information content (AvgIpc) is 3.52. The van der Waals surface area contributed by atoms with Crippen molar-refractivity contribution in [2.75, 3.05) is 32.0 Å². The van der Waals surface area contributed by atoms with Gasteiger partial charge in [0, 0.05) is 43.7 Å². The second-order valence-electron chi connectivity index (χ2n) is 12.5. The zero-order chi connectivity index (χ0) is 33.5. The highest BCUT2D eigenvalue weighted by Gasteiger charge is 2.30. The van der Waals surface area contributed by atoms with Crippen LogP contribution in [0.15, 0.2) is 36.4 Å². The van der Waals surface area contributed by atoms with Gasteiger partial charge in [0.25, 0.3) is 11.8 Å². The number of hydrogen-bond acceptors (Lipinski definition) is 9. The zero-order valence-electron chi connectivity index (χ0n) is 27.4. The largest absolute Gasteiger partial charge is 0.382 e. The molecular weight excluding hydrogens is 590 g/mol. The highest BCUT2D eigenvalue weighted by atomic mass is 16.5. The van der Waals surface area contributed by atoms with Gasteiger partial charge in [-0.15, -0.1) is 0 Å². The Morgan fingerprint density at radius 2 is 1.72 bits per heavy atom. The van der Waals surface area contributed by atoms with Crippen LogP contribution in [0.2, 0.25) is 0 Å². The van der Waals surface area contributed by atoms with Crippen molar-refractivity contribution in [3.63, 3.8) is 0 Å². The summed E-state index contributed by atoms with van der Waals surface area (Å²) >= 11 is 0. The lowest BCUT2D eigenvalue weighted by atomic mass is 10.0. The number of imide groups is 1. The van der Waals surface area contributed by atoms with Gasteiger partial charge >= 0.3 is 0 Å². The molecule has 248 valence electrons. The van der Waals surface area contributed by atoms with E-state index in [0.717, 1.165) is 22.2 Å². The summed E-state index contributed by atoms with van der Waals surface area (Å²) in [5.74, 6) is -0.105. The number of carbonyl (C=O) groups is 4. The molecule has 0 fully saturated rings. The number of nitrogen functional groups attached to an aromatic ring is 1. The van der Waals surface area contributed by atoms with Crippen molar-refractivity contribution in [3.8, 4) is 0 Å². The number of para-hydroxylation sites is 1. The molecule has 13 heteroatoms. The number of nitrogens with one attached hydrogen (secondary N) is 2. The number of fused-ring (bicyclic) bond motifs is 3. The zero-order valence-corrected chi connectivity index (χ0v) is 27.4. The predicted molar refractivity (Wildman–Crippen MR) is 174 cm³/mol. The van der Waals surface area contributed by atoms with Crippen molar-refractivity contribution in [1.82, 2.24) is 30.1 Å². The Hall–Kier alpha value is -4.36. The maximum atomic E-state index is 12.9. The van der Waals surface area contributed by atoms with Crippen molar-refractivity contribution in [3.05, 3.63) is 42.2 Å². The first kappa shape index (κ1) is 34.5. The van der Waals surface area contributed by atoms with E-state index in [9.17, 15) is 19.2 Å². The highest BCUT2D eigenvalue weighted by molar-refractivity contribution is 6.12. The van der Waals surface area contributed by atoms with E-state index in [0.29, 0.717) is 56.9 Å². The van der Waals surface area contributed by atoms with Gasteiger partial charge in [-0.3, -0.25) is 24.1 Å². The summed E-state index contributed by atoms with van der Waals surface area (Å²) in [6.07, 6.45) is 4.61. The number of anilines is 1. The van der Waals surface area contributed by atoms with Crippen molar-refractivity contribution >= 4 is 51.4 Å². The molecule has 4 amide bonds. The van der Waals surface area contributed by atoms with Gasteiger partial charge < -0.3 is 30.4 Å². The van der Waals surface area contributed by atoms with Crippen molar-refractivity contribution in [2.45, 2.75) is 84.6 Å². The minimum Gasteiger partial charge on any atom is -0.382 e. The first-order chi connectivity index (χ1) is 21.8. The van der Waals surface area contributed by atoms with E-state index in [4.69, 9.17) is 20.2 Å². The number of pyridine rings is 1. The molecular formula is C33H45N7O6. The number of nitrogens with zero attached hydrogens (tertiary/aromatic N) is 4. The number of aromatic nitrogens is 3. The monoisotopic (exact) mass is 635 g/mol. The molecule has 0 saturated heterocycles. The maximum absolute atomic E-state index is 12.9. The molecule has 3 aromatic rings. The summed E-state index contributed by atoms with van der Waals surface area (Å²) < 4.78 is 14.0. The Bertz CT molecular complexity index is 1610. The minimum atomic E-state index is -1.12. The summed E-state index contributed by atoms with van der Waals surface area (Å²) in [7, 11) is 0. The van der Waals surface area contributed by atoms with Gasteiger partial charge in [-0.2, -0.15) is 0 Å². The molecule has 0 saturated carbocycles. The predicted octanol–water partition coefficient (Wildman–Crippen LogP) is 2.99. The van der Waals surface area contributed by atoms with Crippen LogP contribution in [-0.2, 0) is 41.8 Å². The summed E-state index contributed by atoms with van der Waals surface area (Å²) in [6, 6.07) is 7.79. The van der Waals surface area contributed by atoms with E-state index in [1.165, 1.54) is 17.1 Å². The molecule has 13 nitrogen and oxygen atoms in total. The van der Waals surface area contributed by atoms with Crippen LogP contribution in [0.5, 0.6) is 0 Å². The van der Waals surface area contributed by atoms with Crippen LogP contribution in [-0.4, -0.2) is 80.5 Å². The van der Waals surface area contributed by atoms with Crippen molar-refractivity contribution in [1.29, 1.82) is 0 Å². The molecule has 2 aromatic heterocycles. The third-order valence-electron chi connectivity index (χ3n) is 7.75. The Kier molecular flexibility index (Phi) is 11.1. The maximum Gasteiger partial charge on any atom is 0.253 e. The number of rotatable bonds is 17. The van der Waals surface area contributed by atoms with Crippen LogP contribution in [0, 0.1) is 0 Å². The fourth-order valence-electron chi connectivity index (χ4n) is 5.37. The third-order valence-corrected chi connectivity index (χ3v) is 7.75. The van der Waals surface area contributed by atoms with Gasteiger partial charge in [0.1, 0.15) is 23.5 Å². The number of amides is 4. The van der Waals surface area contributed by atoms with Crippen LogP contribution >= 0.6 is 0 Å². The molecule has 1 aliphatic rings. The quantitative estimate of drug-likeness (QED) is 0.149. The molecule has 46 heavy (non-hydrogen) atoms. The summed E-state index contributed by atoms with van der Waals surface area (Å²) in [6.45, 7) is 11.3. The molecule has 1 aromatic carbocycles. The Balaban J connectivity index is 1.26. The standard InChI is InChI=1S/C33H45N7O6/c1-6-45-20-24-37-28-29(22-12-9-10-13-23(22)36-30(28)34)40(24)21-32(2,3)46-19-17-35-31(44)33(4,5)38-25(41)14-8-7-11-18-39-26(42)15-16-27(39)43/h9-10,12-13,15-16H,6-8,11,14,17-21H2,1-5H3,(H2,34,36)(H,35,44)(H,38,41). The fourth-order valence-corrected chi connectivity index (χ4v) is 5.37. The number of ether oxygens (including phenoxy) is 2. The van der Waals surface area contributed by atoms with E-state index in [2.05, 4.69) is 20.2 Å².